The van der Waals surface area contributed by atoms with Crippen LogP contribution in [-0.4, -0.2) is 15.1 Å². The van der Waals surface area contributed by atoms with Gasteiger partial charge in [0.25, 0.3) is 5.89 Å². The van der Waals surface area contributed by atoms with Crippen molar-refractivity contribution < 1.29 is 18.2 Å². The normalized spacial score (nSPS) is 10.5. The molecule has 0 saturated heterocycles. The fourth-order valence-corrected chi connectivity index (χ4v) is 1.25. The minimum Gasteiger partial charge on any atom is -0.334 e. The van der Waals surface area contributed by atoms with E-state index in [1.807, 2.05) is 0 Å². The van der Waals surface area contributed by atoms with Crippen molar-refractivity contribution in [3.8, 4) is 11.5 Å². The zero-order valence-electron chi connectivity index (χ0n) is 8.48. The SMILES string of the molecule is Cc1noc(-c2cc([N+](=O)[O-])c(F)cc2F)n1. The van der Waals surface area contributed by atoms with Crippen LogP contribution in [0.2, 0.25) is 0 Å². The van der Waals surface area contributed by atoms with Crippen molar-refractivity contribution >= 4 is 5.69 Å². The predicted octanol–water partition coefficient (Wildman–Crippen LogP) is 2.23. The van der Waals surface area contributed by atoms with Gasteiger partial charge >= 0.3 is 5.69 Å². The molecule has 6 nitrogen and oxygen atoms in total. The molecule has 8 heteroatoms. The number of aryl methyl sites for hydroxylation is 1. The Balaban J connectivity index is 2.62. The molecular weight excluding hydrogens is 236 g/mol. The van der Waals surface area contributed by atoms with Crippen molar-refractivity contribution in [1.29, 1.82) is 0 Å². The molecule has 0 aliphatic rings. The molecule has 0 N–H and O–H groups in total. The van der Waals surface area contributed by atoms with E-state index in [2.05, 4.69) is 14.7 Å². The second kappa shape index (κ2) is 3.89. The largest absolute Gasteiger partial charge is 0.334 e. The Kier molecular flexibility index (Phi) is 2.54. The van der Waals surface area contributed by atoms with Gasteiger partial charge in [-0.1, -0.05) is 5.16 Å². The number of halogens is 2. The molecule has 0 amide bonds. The molecule has 1 aromatic heterocycles. The number of nitro benzene ring substituents is 1. The number of hydrogen-bond acceptors (Lipinski definition) is 5. The molecule has 88 valence electrons. The van der Waals surface area contributed by atoms with Gasteiger partial charge < -0.3 is 4.52 Å². The lowest BCUT2D eigenvalue weighted by molar-refractivity contribution is -0.387. The first-order valence-corrected chi connectivity index (χ1v) is 4.43. The maximum atomic E-state index is 13.4. The van der Waals surface area contributed by atoms with Gasteiger partial charge in [0.1, 0.15) is 5.82 Å². The van der Waals surface area contributed by atoms with Gasteiger partial charge in [0, 0.05) is 12.1 Å². The third-order valence-corrected chi connectivity index (χ3v) is 1.99. The predicted molar refractivity (Wildman–Crippen MR) is 51.0 cm³/mol. The molecule has 0 spiro atoms. The van der Waals surface area contributed by atoms with Gasteiger partial charge in [-0.25, -0.2) is 4.39 Å². The summed E-state index contributed by atoms with van der Waals surface area (Å²) < 4.78 is 31.1. The van der Waals surface area contributed by atoms with Gasteiger partial charge in [-0.05, 0) is 6.92 Å². The van der Waals surface area contributed by atoms with Crippen LogP contribution in [0.5, 0.6) is 0 Å². The van der Waals surface area contributed by atoms with Gasteiger partial charge in [-0.3, -0.25) is 10.1 Å². The smallest absolute Gasteiger partial charge is 0.305 e. The van der Waals surface area contributed by atoms with Crippen LogP contribution in [0.4, 0.5) is 14.5 Å². The second-order valence-corrected chi connectivity index (χ2v) is 3.19. The van der Waals surface area contributed by atoms with Crippen LogP contribution < -0.4 is 0 Å². The van der Waals surface area contributed by atoms with E-state index in [1.54, 1.807) is 0 Å². The monoisotopic (exact) mass is 241 g/mol. The Labute approximate surface area is 93.0 Å². The molecule has 2 rings (SSSR count). The summed E-state index contributed by atoms with van der Waals surface area (Å²) in [5.41, 5.74) is -1.16. The molecule has 0 aliphatic carbocycles. The lowest BCUT2D eigenvalue weighted by atomic mass is 10.2. The number of benzene rings is 1. The third kappa shape index (κ3) is 1.96. The standard InChI is InChI=1S/C9H5F2N3O3/c1-4-12-9(17-13-4)5-2-8(14(15)16)7(11)3-6(5)10/h2-3H,1H3. The van der Waals surface area contributed by atoms with Crippen LogP contribution >= 0.6 is 0 Å². The number of hydrogen-bond donors (Lipinski definition) is 0. The maximum absolute atomic E-state index is 13.4. The minimum atomic E-state index is -1.26. The summed E-state index contributed by atoms with van der Waals surface area (Å²) in [4.78, 5) is 13.3. The Hall–Kier alpha value is -2.38. The Morgan fingerprint density at radius 1 is 1.35 bits per heavy atom. The average Bonchev–Trinajstić information content (AvgIpc) is 2.64. The molecule has 0 saturated carbocycles. The topological polar surface area (TPSA) is 82.1 Å². The van der Waals surface area contributed by atoms with Crippen molar-refractivity contribution in [1.82, 2.24) is 10.1 Å². The molecule has 17 heavy (non-hydrogen) atoms. The summed E-state index contributed by atoms with van der Waals surface area (Å²) in [6, 6.07) is 1.13. The lowest BCUT2D eigenvalue weighted by Crippen LogP contribution is -1.96. The molecule has 2 aromatic rings. The number of nitro groups is 1. The zero-order valence-corrected chi connectivity index (χ0v) is 8.48. The van der Waals surface area contributed by atoms with Crippen molar-refractivity contribution in [3.05, 3.63) is 39.7 Å². The summed E-state index contributed by atoms with van der Waals surface area (Å²) in [5.74, 6) is -2.25. The van der Waals surface area contributed by atoms with Crippen molar-refractivity contribution in [2.24, 2.45) is 0 Å². The van der Waals surface area contributed by atoms with E-state index in [0.29, 0.717) is 6.07 Å². The summed E-state index contributed by atoms with van der Waals surface area (Å²) in [7, 11) is 0. The number of nitrogens with zero attached hydrogens (tertiary/aromatic N) is 3. The quantitative estimate of drug-likeness (QED) is 0.594. The summed E-state index contributed by atoms with van der Waals surface area (Å²) in [5, 5.41) is 13.9. The first-order valence-electron chi connectivity index (χ1n) is 4.43. The summed E-state index contributed by atoms with van der Waals surface area (Å²) >= 11 is 0. The van der Waals surface area contributed by atoms with Crippen LogP contribution in [0.1, 0.15) is 5.82 Å². The Bertz CT molecular complexity index is 597. The fraction of sp³-hybridized carbons (Fsp3) is 0.111. The van der Waals surface area contributed by atoms with E-state index in [-0.39, 0.29) is 17.3 Å². The van der Waals surface area contributed by atoms with Gasteiger partial charge in [-0.15, -0.1) is 0 Å². The van der Waals surface area contributed by atoms with Gasteiger partial charge in [0.15, 0.2) is 5.82 Å². The molecule has 0 fully saturated rings. The van der Waals surface area contributed by atoms with Crippen molar-refractivity contribution in [3.63, 3.8) is 0 Å². The number of aromatic nitrogens is 2. The first kappa shape index (κ1) is 11.1. The summed E-state index contributed by atoms with van der Waals surface area (Å²) in [6.45, 7) is 1.50. The van der Waals surface area contributed by atoms with Crippen LogP contribution in [0, 0.1) is 28.7 Å². The molecule has 0 atom stereocenters. The van der Waals surface area contributed by atoms with Crippen LogP contribution in [-0.2, 0) is 0 Å². The van der Waals surface area contributed by atoms with Gasteiger partial charge in [0.05, 0.1) is 10.5 Å². The lowest BCUT2D eigenvalue weighted by Gasteiger charge is -1.98. The zero-order chi connectivity index (χ0) is 12.6. The molecular formula is C9H5F2N3O3. The Morgan fingerprint density at radius 2 is 2.06 bits per heavy atom. The third-order valence-electron chi connectivity index (χ3n) is 1.99. The molecule has 0 radical (unpaired) electrons. The van der Waals surface area contributed by atoms with Crippen LogP contribution in [0.15, 0.2) is 16.7 Å². The van der Waals surface area contributed by atoms with E-state index in [0.717, 1.165) is 6.07 Å². The van der Waals surface area contributed by atoms with Gasteiger partial charge in [-0.2, -0.15) is 9.37 Å². The molecule has 0 bridgehead atoms. The Morgan fingerprint density at radius 3 is 2.59 bits per heavy atom. The van der Waals surface area contributed by atoms with Crippen molar-refractivity contribution in [2.75, 3.05) is 0 Å². The molecule has 1 heterocycles. The van der Waals surface area contributed by atoms with E-state index in [4.69, 9.17) is 0 Å². The minimum absolute atomic E-state index is 0.233. The molecule has 1 aromatic carbocycles. The maximum Gasteiger partial charge on any atom is 0.305 e. The highest BCUT2D eigenvalue weighted by Gasteiger charge is 2.22. The first-order chi connectivity index (χ1) is 7.99. The van der Waals surface area contributed by atoms with E-state index < -0.39 is 22.2 Å². The highest BCUT2D eigenvalue weighted by molar-refractivity contribution is 5.58. The van der Waals surface area contributed by atoms with E-state index >= 15 is 0 Å². The van der Waals surface area contributed by atoms with Gasteiger partial charge in [0.2, 0.25) is 5.82 Å². The van der Waals surface area contributed by atoms with E-state index in [9.17, 15) is 18.9 Å². The van der Waals surface area contributed by atoms with Crippen molar-refractivity contribution in [2.45, 2.75) is 6.92 Å². The molecule has 0 unspecified atom stereocenters. The molecule has 0 aliphatic heterocycles. The average molecular weight is 241 g/mol. The second-order valence-electron chi connectivity index (χ2n) is 3.19. The van der Waals surface area contributed by atoms with E-state index in [1.165, 1.54) is 6.92 Å². The highest BCUT2D eigenvalue weighted by Crippen LogP contribution is 2.28. The summed E-state index contributed by atoms with van der Waals surface area (Å²) in [6.07, 6.45) is 0. The number of rotatable bonds is 2. The van der Waals surface area contributed by atoms with Crippen LogP contribution in [0.3, 0.4) is 0 Å². The fourth-order valence-electron chi connectivity index (χ4n) is 1.25. The van der Waals surface area contributed by atoms with Crippen LogP contribution in [0.25, 0.3) is 11.5 Å². The highest BCUT2D eigenvalue weighted by atomic mass is 19.1.